The summed E-state index contributed by atoms with van der Waals surface area (Å²) < 4.78 is 11.2. The molecule has 80 valence electrons. The van der Waals surface area contributed by atoms with Gasteiger partial charge in [0.15, 0.2) is 23.4 Å². The van der Waals surface area contributed by atoms with Gasteiger partial charge in [0.05, 0.1) is 0 Å². The van der Waals surface area contributed by atoms with Crippen molar-refractivity contribution in [3.05, 3.63) is 24.3 Å². The first kappa shape index (κ1) is 9.41. The Bertz CT molecular complexity index is 513. The quantitative estimate of drug-likeness (QED) is 0.697. The molecule has 0 aromatic heterocycles. The van der Waals surface area contributed by atoms with Crippen LogP contribution in [-0.2, 0) is 0 Å². The molecular weight excluding hydrogens is 226 g/mol. The molecule has 0 saturated carbocycles. The molecule has 6 heteroatoms. The van der Waals surface area contributed by atoms with E-state index in [1.807, 2.05) is 24.3 Å². The summed E-state index contributed by atoms with van der Waals surface area (Å²) in [5, 5.41) is 7.74. The van der Waals surface area contributed by atoms with Crippen molar-refractivity contribution in [3.63, 3.8) is 0 Å². The topological polar surface area (TPSA) is 55.5 Å². The molecule has 5 nitrogen and oxygen atoms in total. The Labute approximate surface area is 96.8 Å². The highest BCUT2D eigenvalue weighted by molar-refractivity contribution is 7.80. The molecule has 2 aliphatic heterocycles. The van der Waals surface area contributed by atoms with Gasteiger partial charge in [-0.15, -0.1) is 10.2 Å². The maximum atomic E-state index is 5.70. The van der Waals surface area contributed by atoms with Crippen molar-refractivity contribution in [1.29, 1.82) is 0 Å². The van der Waals surface area contributed by atoms with E-state index in [9.17, 15) is 0 Å². The number of benzene rings is 1. The van der Waals surface area contributed by atoms with Crippen molar-refractivity contribution in [3.8, 4) is 11.5 Å². The second-order valence-electron chi connectivity index (χ2n) is 3.32. The molecular formula is C10H7N3O2S. The molecule has 0 spiro atoms. The SMILES string of the molecule is S=C1N=NC([C@H]2COc3ccccc3O2)=N1. The fraction of sp³-hybridized carbons (Fsp3) is 0.200. The van der Waals surface area contributed by atoms with E-state index in [-0.39, 0.29) is 11.2 Å². The van der Waals surface area contributed by atoms with Crippen molar-refractivity contribution in [1.82, 2.24) is 0 Å². The second-order valence-corrected chi connectivity index (χ2v) is 3.68. The number of hydrogen-bond acceptors (Lipinski definition) is 4. The first-order valence-electron chi connectivity index (χ1n) is 4.76. The molecule has 2 heterocycles. The normalized spacial score (nSPS) is 22.1. The number of para-hydroxylation sites is 2. The van der Waals surface area contributed by atoms with Gasteiger partial charge in [-0.25, -0.2) is 0 Å². The van der Waals surface area contributed by atoms with E-state index >= 15 is 0 Å². The van der Waals surface area contributed by atoms with Crippen LogP contribution in [0.15, 0.2) is 39.5 Å². The summed E-state index contributed by atoms with van der Waals surface area (Å²) in [6.45, 7) is 0.373. The van der Waals surface area contributed by atoms with Crippen LogP contribution in [0.1, 0.15) is 0 Å². The highest BCUT2D eigenvalue weighted by Crippen LogP contribution is 2.31. The molecule has 0 fully saturated rings. The van der Waals surface area contributed by atoms with E-state index in [1.54, 1.807) is 0 Å². The minimum absolute atomic E-state index is 0.234. The lowest BCUT2D eigenvalue weighted by molar-refractivity contribution is 0.134. The number of rotatable bonds is 1. The standard InChI is InChI=1S/C10H7N3O2S/c16-10-11-9(12-13-10)8-5-14-6-3-1-2-4-7(6)15-8/h1-4,8H,5H2/t8-/m1/s1. The van der Waals surface area contributed by atoms with Gasteiger partial charge in [-0.2, -0.15) is 4.99 Å². The number of fused-ring (bicyclic) bond motifs is 1. The maximum Gasteiger partial charge on any atom is 0.241 e. The summed E-state index contributed by atoms with van der Waals surface area (Å²) in [6.07, 6.45) is -0.334. The van der Waals surface area contributed by atoms with Crippen LogP contribution in [0.4, 0.5) is 0 Å². The molecule has 1 aromatic rings. The smallest absolute Gasteiger partial charge is 0.241 e. The monoisotopic (exact) mass is 233 g/mol. The van der Waals surface area contributed by atoms with Gasteiger partial charge in [-0.05, 0) is 24.4 Å². The highest BCUT2D eigenvalue weighted by atomic mass is 32.1. The Hall–Kier alpha value is -1.82. The minimum atomic E-state index is -0.334. The molecule has 0 amide bonds. The third-order valence-corrected chi connectivity index (χ3v) is 2.42. The molecule has 1 atom stereocenters. The van der Waals surface area contributed by atoms with Gasteiger partial charge in [-0.1, -0.05) is 12.1 Å². The number of ether oxygens (including phenoxy) is 2. The third kappa shape index (κ3) is 1.57. The van der Waals surface area contributed by atoms with Gasteiger partial charge in [0.2, 0.25) is 5.11 Å². The van der Waals surface area contributed by atoms with Crippen LogP contribution in [0.5, 0.6) is 11.5 Å². The second kappa shape index (κ2) is 3.64. The Morgan fingerprint density at radius 1 is 1.19 bits per heavy atom. The van der Waals surface area contributed by atoms with Gasteiger partial charge >= 0.3 is 0 Å². The maximum absolute atomic E-state index is 5.70. The van der Waals surface area contributed by atoms with Gasteiger partial charge in [0, 0.05) is 0 Å². The van der Waals surface area contributed by atoms with Gasteiger partial charge in [0.25, 0.3) is 0 Å². The largest absolute Gasteiger partial charge is 0.485 e. The van der Waals surface area contributed by atoms with Crippen LogP contribution in [0.25, 0.3) is 0 Å². The summed E-state index contributed by atoms with van der Waals surface area (Å²) in [7, 11) is 0. The number of azo groups is 1. The number of thiocarbonyl (C=S) groups is 1. The molecule has 0 radical (unpaired) electrons. The Balaban J connectivity index is 1.86. The first-order chi connectivity index (χ1) is 7.83. The van der Waals surface area contributed by atoms with Crippen LogP contribution in [-0.4, -0.2) is 23.7 Å². The lowest BCUT2D eigenvalue weighted by Gasteiger charge is -2.24. The Morgan fingerprint density at radius 2 is 2.00 bits per heavy atom. The lowest BCUT2D eigenvalue weighted by atomic mass is 10.2. The van der Waals surface area contributed by atoms with Crippen LogP contribution in [0.3, 0.4) is 0 Å². The molecule has 0 N–H and O–H groups in total. The molecule has 3 rings (SSSR count). The zero-order valence-corrected chi connectivity index (χ0v) is 8.98. The van der Waals surface area contributed by atoms with Crippen molar-refractivity contribution < 1.29 is 9.47 Å². The summed E-state index contributed by atoms with van der Waals surface area (Å²) >= 11 is 4.80. The number of hydrogen-bond donors (Lipinski definition) is 0. The predicted molar refractivity (Wildman–Crippen MR) is 61.2 cm³/mol. The summed E-state index contributed by atoms with van der Waals surface area (Å²) in [5.74, 6) is 1.89. The fourth-order valence-electron chi connectivity index (χ4n) is 1.52. The molecule has 1 aromatic carbocycles. The fourth-order valence-corrected chi connectivity index (χ4v) is 1.65. The van der Waals surface area contributed by atoms with E-state index < -0.39 is 0 Å². The van der Waals surface area contributed by atoms with Crippen LogP contribution in [0, 0.1) is 0 Å². The van der Waals surface area contributed by atoms with E-state index in [2.05, 4.69) is 15.2 Å². The molecule has 0 unspecified atom stereocenters. The van der Waals surface area contributed by atoms with Crippen LogP contribution < -0.4 is 9.47 Å². The van der Waals surface area contributed by atoms with Crippen molar-refractivity contribution in [2.45, 2.75) is 6.10 Å². The lowest BCUT2D eigenvalue weighted by Crippen LogP contribution is -2.35. The average Bonchev–Trinajstić information content (AvgIpc) is 2.75. The molecule has 16 heavy (non-hydrogen) atoms. The molecule has 2 aliphatic rings. The van der Waals surface area contributed by atoms with Crippen molar-refractivity contribution in [2.24, 2.45) is 15.2 Å². The average molecular weight is 233 g/mol. The van der Waals surface area contributed by atoms with Crippen LogP contribution in [0.2, 0.25) is 0 Å². The minimum Gasteiger partial charge on any atom is -0.485 e. The molecule has 0 saturated heterocycles. The first-order valence-corrected chi connectivity index (χ1v) is 5.16. The van der Waals surface area contributed by atoms with E-state index in [0.717, 1.165) is 5.75 Å². The van der Waals surface area contributed by atoms with Gasteiger partial charge in [-0.3, -0.25) is 0 Å². The molecule has 0 bridgehead atoms. The van der Waals surface area contributed by atoms with E-state index in [1.165, 1.54) is 0 Å². The Morgan fingerprint density at radius 3 is 2.75 bits per heavy atom. The highest BCUT2D eigenvalue weighted by Gasteiger charge is 2.27. The summed E-state index contributed by atoms with van der Waals surface area (Å²) in [5.41, 5.74) is 0. The van der Waals surface area contributed by atoms with Crippen molar-refractivity contribution >= 4 is 23.2 Å². The number of aliphatic imine (C=N–C) groups is 1. The summed E-state index contributed by atoms with van der Waals surface area (Å²) in [4.78, 5) is 3.99. The predicted octanol–water partition coefficient (Wildman–Crippen LogP) is 1.98. The Kier molecular flexibility index (Phi) is 2.14. The summed E-state index contributed by atoms with van der Waals surface area (Å²) in [6, 6.07) is 7.47. The van der Waals surface area contributed by atoms with E-state index in [0.29, 0.717) is 18.2 Å². The zero-order chi connectivity index (χ0) is 11.0. The van der Waals surface area contributed by atoms with Gasteiger partial charge < -0.3 is 9.47 Å². The van der Waals surface area contributed by atoms with Crippen LogP contribution >= 0.6 is 12.2 Å². The van der Waals surface area contributed by atoms with E-state index in [4.69, 9.17) is 21.7 Å². The zero-order valence-electron chi connectivity index (χ0n) is 8.16. The van der Waals surface area contributed by atoms with Gasteiger partial charge in [0.1, 0.15) is 6.61 Å². The number of nitrogens with zero attached hydrogens (tertiary/aromatic N) is 3. The third-order valence-electron chi connectivity index (χ3n) is 2.24. The van der Waals surface area contributed by atoms with Crippen molar-refractivity contribution in [2.75, 3.05) is 6.61 Å². The number of amidine groups is 1. The molecule has 0 aliphatic carbocycles.